The lowest BCUT2D eigenvalue weighted by Crippen LogP contribution is -2.41. The molecule has 2 fully saturated rings. The number of hydrogen-bond donors (Lipinski definition) is 1. The summed E-state index contributed by atoms with van der Waals surface area (Å²) in [6.45, 7) is 10.4. The highest BCUT2D eigenvalue weighted by atomic mass is 32.1. The third kappa shape index (κ3) is 3.96. The lowest BCUT2D eigenvalue weighted by molar-refractivity contribution is -0.136. The molecule has 1 N–H and O–H groups in total. The minimum absolute atomic E-state index is 0.198. The summed E-state index contributed by atoms with van der Waals surface area (Å²) in [5, 5.41) is 4.37. The van der Waals surface area contributed by atoms with E-state index in [9.17, 15) is 4.79 Å². The van der Waals surface area contributed by atoms with Crippen LogP contribution in [0.5, 0.6) is 0 Å². The molecule has 184 valence electrons. The number of fused-ring (bicyclic) bond motifs is 2. The van der Waals surface area contributed by atoms with Crippen molar-refractivity contribution in [1.82, 2.24) is 29.4 Å². The number of carbonyl (C=O) groups excluding carboxylic acids is 1. The Kier molecular flexibility index (Phi) is 5.68. The Morgan fingerprint density at radius 2 is 1.97 bits per heavy atom. The Morgan fingerprint density at radius 1 is 1.17 bits per heavy atom. The Balaban J connectivity index is 1.25. The molecule has 0 spiro atoms. The third-order valence-corrected chi connectivity index (χ3v) is 9.23. The molecule has 1 amide bonds. The van der Waals surface area contributed by atoms with Crippen molar-refractivity contribution in [3.8, 4) is 11.3 Å². The van der Waals surface area contributed by atoms with Gasteiger partial charge in [-0.1, -0.05) is 13.8 Å². The number of aromatic nitrogens is 4. The molecule has 1 atom stereocenters. The monoisotopic (exact) mass is 490 g/mol. The van der Waals surface area contributed by atoms with Crippen molar-refractivity contribution < 1.29 is 4.79 Å². The summed E-state index contributed by atoms with van der Waals surface area (Å²) in [4.78, 5) is 26.9. The molecule has 0 aromatic carbocycles. The topological polar surface area (TPSA) is 69.5 Å². The fraction of sp³-hybridized carbons (Fsp3) is 0.519. The maximum Gasteiger partial charge on any atom is 0.227 e. The van der Waals surface area contributed by atoms with E-state index in [1.165, 1.54) is 26.4 Å². The third-order valence-electron chi connectivity index (χ3n) is 7.90. The molecule has 2 saturated heterocycles. The number of rotatable bonds is 4. The summed E-state index contributed by atoms with van der Waals surface area (Å²) in [6.07, 6.45) is 6.81. The van der Waals surface area contributed by atoms with Crippen molar-refractivity contribution in [3.05, 3.63) is 40.7 Å². The van der Waals surface area contributed by atoms with Crippen molar-refractivity contribution in [3.63, 3.8) is 0 Å². The zero-order valence-corrected chi connectivity index (χ0v) is 21.9. The van der Waals surface area contributed by atoms with Crippen LogP contribution in [0.4, 0.5) is 0 Å². The highest BCUT2D eigenvalue weighted by molar-refractivity contribution is 7.19. The first kappa shape index (κ1) is 22.7. The fourth-order valence-corrected chi connectivity index (χ4v) is 7.49. The molecule has 8 heteroatoms. The second kappa shape index (κ2) is 8.75. The van der Waals surface area contributed by atoms with Crippen LogP contribution in [0.2, 0.25) is 0 Å². The molecule has 0 saturated carbocycles. The van der Waals surface area contributed by atoms with Crippen LogP contribution in [0, 0.1) is 12.8 Å². The van der Waals surface area contributed by atoms with Gasteiger partial charge in [0.15, 0.2) is 5.65 Å². The molecule has 6 heterocycles. The normalized spacial score (nSPS) is 20.1. The molecule has 0 radical (unpaired) electrons. The van der Waals surface area contributed by atoms with Crippen molar-refractivity contribution in [2.45, 2.75) is 51.9 Å². The number of H-pyrrole nitrogens is 1. The van der Waals surface area contributed by atoms with E-state index >= 15 is 0 Å². The first-order valence-corrected chi connectivity index (χ1v) is 13.6. The van der Waals surface area contributed by atoms with Crippen LogP contribution in [-0.4, -0.2) is 68.5 Å². The van der Waals surface area contributed by atoms with Gasteiger partial charge in [0.05, 0.1) is 21.8 Å². The molecule has 4 aromatic heterocycles. The maximum atomic E-state index is 13.0. The fourth-order valence-electron chi connectivity index (χ4n) is 6.01. The molecular weight excluding hydrogens is 456 g/mol. The number of hydrogen-bond acceptors (Lipinski definition) is 5. The van der Waals surface area contributed by atoms with Gasteiger partial charge in [-0.2, -0.15) is 5.10 Å². The summed E-state index contributed by atoms with van der Waals surface area (Å²) < 4.78 is 3.24. The van der Waals surface area contributed by atoms with E-state index in [1.807, 2.05) is 15.9 Å². The number of nitrogens with one attached hydrogen (secondary N) is 1. The highest BCUT2D eigenvalue weighted by Gasteiger charge is 2.33. The molecular formula is C27H34N6OS. The van der Waals surface area contributed by atoms with Gasteiger partial charge < -0.3 is 14.8 Å². The Hall–Kier alpha value is -2.71. The van der Waals surface area contributed by atoms with Crippen LogP contribution in [0.3, 0.4) is 0 Å². The van der Waals surface area contributed by atoms with Gasteiger partial charge in [-0.3, -0.25) is 4.79 Å². The predicted octanol–water partition coefficient (Wildman–Crippen LogP) is 5.03. The van der Waals surface area contributed by atoms with Crippen LogP contribution in [-0.2, 0) is 4.79 Å². The van der Waals surface area contributed by atoms with Crippen molar-refractivity contribution in [2.24, 2.45) is 5.92 Å². The molecule has 2 aliphatic rings. The van der Waals surface area contributed by atoms with E-state index in [0.717, 1.165) is 62.2 Å². The first-order valence-electron chi connectivity index (χ1n) is 12.8. The average Bonchev–Trinajstić information content (AvgIpc) is 3.61. The van der Waals surface area contributed by atoms with E-state index in [0.29, 0.717) is 17.7 Å². The minimum atomic E-state index is 0.198. The van der Waals surface area contributed by atoms with E-state index in [1.54, 1.807) is 6.33 Å². The summed E-state index contributed by atoms with van der Waals surface area (Å²) in [5.74, 6) is 1.51. The molecule has 4 aromatic rings. The van der Waals surface area contributed by atoms with Crippen LogP contribution < -0.4 is 0 Å². The SMILES string of the molecule is Cc1cc(-c2[nH]c3cc(C4CCN(C(=O)[C@H]5CCN(C)C5)CC4)sc3c2C(C)C)cn2ncnc12. The average molecular weight is 491 g/mol. The number of carbonyl (C=O) groups is 1. The Bertz CT molecular complexity index is 1390. The molecule has 0 bridgehead atoms. The van der Waals surface area contributed by atoms with Gasteiger partial charge in [-0.15, -0.1) is 11.3 Å². The van der Waals surface area contributed by atoms with Gasteiger partial charge in [0.1, 0.15) is 6.33 Å². The van der Waals surface area contributed by atoms with Gasteiger partial charge in [0.25, 0.3) is 0 Å². The molecule has 0 unspecified atom stereocenters. The first-order chi connectivity index (χ1) is 16.9. The van der Waals surface area contributed by atoms with E-state index < -0.39 is 0 Å². The number of nitrogens with zero attached hydrogens (tertiary/aromatic N) is 5. The lowest BCUT2D eigenvalue weighted by atomic mass is 9.94. The van der Waals surface area contributed by atoms with Crippen LogP contribution >= 0.6 is 11.3 Å². The molecule has 0 aliphatic carbocycles. The van der Waals surface area contributed by atoms with E-state index in [4.69, 9.17) is 0 Å². The van der Waals surface area contributed by atoms with Crippen LogP contribution in [0.25, 0.3) is 27.1 Å². The summed E-state index contributed by atoms with van der Waals surface area (Å²) in [6, 6.07) is 4.57. The summed E-state index contributed by atoms with van der Waals surface area (Å²) in [5.41, 5.74) is 6.98. The van der Waals surface area contributed by atoms with Gasteiger partial charge in [-0.25, -0.2) is 9.50 Å². The molecule has 35 heavy (non-hydrogen) atoms. The van der Waals surface area contributed by atoms with Crippen LogP contribution in [0.1, 0.15) is 60.9 Å². The van der Waals surface area contributed by atoms with Crippen molar-refractivity contribution in [2.75, 3.05) is 33.2 Å². The minimum Gasteiger partial charge on any atom is -0.354 e. The van der Waals surface area contributed by atoms with E-state index in [-0.39, 0.29) is 5.92 Å². The van der Waals surface area contributed by atoms with Gasteiger partial charge in [-0.05, 0) is 74.9 Å². The Morgan fingerprint density at radius 3 is 2.69 bits per heavy atom. The predicted molar refractivity (Wildman–Crippen MR) is 141 cm³/mol. The van der Waals surface area contributed by atoms with Crippen LogP contribution in [0.15, 0.2) is 24.7 Å². The summed E-state index contributed by atoms with van der Waals surface area (Å²) >= 11 is 1.94. The second-order valence-corrected chi connectivity index (χ2v) is 11.8. The van der Waals surface area contributed by atoms with Gasteiger partial charge in [0, 0.05) is 36.3 Å². The number of likely N-dealkylation sites (tertiary alicyclic amines) is 2. The van der Waals surface area contributed by atoms with Crippen molar-refractivity contribution in [1.29, 1.82) is 0 Å². The Labute approximate surface area is 210 Å². The lowest BCUT2D eigenvalue weighted by Gasteiger charge is -2.33. The smallest absolute Gasteiger partial charge is 0.227 e. The van der Waals surface area contributed by atoms with Crippen molar-refractivity contribution >= 4 is 33.1 Å². The number of aryl methyl sites for hydroxylation is 1. The van der Waals surface area contributed by atoms with E-state index in [2.05, 4.69) is 71.0 Å². The number of piperidine rings is 1. The highest BCUT2D eigenvalue weighted by Crippen LogP contribution is 2.43. The van der Waals surface area contributed by atoms with Gasteiger partial charge >= 0.3 is 0 Å². The standard InChI is InChI=1S/C27H34N6OS/c1-16(2)23-24(20-11-17(3)26-28-15-29-33(26)14-20)30-21-12-22(35-25(21)23)18-6-9-32(10-7-18)27(34)19-5-8-31(4)13-19/h11-12,14-16,18-19,30H,5-10,13H2,1-4H3/t19-/m0/s1. The number of pyridine rings is 1. The number of amides is 1. The molecule has 6 rings (SSSR count). The zero-order valence-electron chi connectivity index (χ0n) is 21.0. The number of thiophene rings is 1. The number of aromatic amines is 1. The zero-order chi connectivity index (χ0) is 24.3. The van der Waals surface area contributed by atoms with Gasteiger partial charge in [0.2, 0.25) is 5.91 Å². The quantitative estimate of drug-likeness (QED) is 0.436. The largest absolute Gasteiger partial charge is 0.354 e. The molecule has 2 aliphatic heterocycles. The second-order valence-electron chi connectivity index (χ2n) is 10.7. The maximum absolute atomic E-state index is 13.0. The molecule has 7 nitrogen and oxygen atoms in total. The summed E-state index contributed by atoms with van der Waals surface area (Å²) in [7, 11) is 2.11.